The lowest BCUT2D eigenvalue weighted by atomic mass is 9.83. The van der Waals surface area contributed by atoms with Crippen molar-refractivity contribution in [2.24, 2.45) is 0 Å². The number of methoxy groups -OCH3 is 1. The number of nitrogens with one attached hydrogen (secondary N) is 3. The van der Waals surface area contributed by atoms with Crippen LogP contribution in [0.5, 0.6) is 11.5 Å². The molecule has 5 heterocycles. The molecule has 74 heavy (non-hydrogen) atoms. The van der Waals surface area contributed by atoms with Crippen LogP contribution in [-0.4, -0.2) is 174 Å². The number of hydrogen-bond donors (Lipinski definition) is 8. The number of hydrogen-bond acceptors (Lipinski definition) is 18. The molecule has 2 aromatic carbocycles. The Balaban J connectivity index is 0.925. The lowest BCUT2D eigenvalue weighted by molar-refractivity contribution is -0.334. The zero-order valence-electron chi connectivity index (χ0n) is 41.7. The lowest BCUT2D eigenvalue weighted by Gasteiger charge is -2.48. The first-order chi connectivity index (χ1) is 35.3. The van der Waals surface area contributed by atoms with E-state index in [2.05, 4.69) is 42.3 Å². The molecule has 0 spiro atoms. The Bertz CT molecular complexity index is 2750. The third-order valence-corrected chi connectivity index (χ3v) is 13.5. The summed E-state index contributed by atoms with van der Waals surface area (Å²) < 4.78 is 24.4. The molecular formula is C50H64N10O14. The van der Waals surface area contributed by atoms with Crippen molar-refractivity contribution in [2.75, 3.05) is 76.0 Å². The second-order valence-corrected chi connectivity index (χ2v) is 18.6. The Morgan fingerprint density at radius 3 is 2.41 bits per heavy atom. The van der Waals surface area contributed by atoms with E-state index >= 15 is 0 Å². The number of nitrogens with two attached hydrogens (primary N) is 1. The summed E-state index contributed by atoms with van der Waals surface area (Å²) in [6.07, 6.45) is 1.81. The predicted octanol–water partition coefficient (Wildman–Crippen LogP) is 1.81. The molecule has 9 N–H and O–H groups in total. The maximum atomic E-state index is 13.5. The number of ether oxygens (including phenoxy) is 4. The van der Waals surface area contributed by atoms with Gasteiger partial charge in [-0.1, -0.05) is 44.9 Å². The van der Waals surface area contributed by atoms with Gasteiger partial charge in [-0.15, -0.1) is 0 Å². The highest BCUT2D eigenvalue weighted by atomic mass is 16.7. The first-order valence-electron chi connectivity index (χ1n) is 24.4. The van der Waals surface area contributed by atoms with Crippen LogP contribution in [0, 0.1) is 0 Å². The van der Waals surface area contributed by atoms with Crippen LogP contribution in [0.15, 0.2) is 66.9 Å². The largest absolute Gasteiger partial charge is 0.496 e. The van der Waals surface area contributed by atoms with E-state index in [4.69, 9.17) is 24.7 Å². The van der Waals surface area contributed by atoms with E-state index in [9.17, 15) is 49.2 Å². The van der Waals surface area contributed by atoms with E-state index in [1.54, 1.807) is 14.0 Å². The normalized spacial score (nSPS) is 21.8. The standard InChI is InChI=1S/C50H64N10O14/c1-5-7-8-18-52-42-41-35(54-46(51)55-42)16-19-59(41)28-32-13-12-31(25-36(32)71-4)27-57-21-23-58(24-22-57)47(69)72-30-49(70)37(61)29-73-50(43(49)65,45(67)68)74-34-11-9-10-33(26-34)53-44(66)48(3,6-2)56-38(62)17-20-60-39(63)14-15-40(60)64/h9-16,19,25-26,37,43,61,65,70H,5-8,17-18,20-24,27-30H2,1-4H3,(H,53,66)(H,56,62)(H,67,68)(H3,51,52,54,55). The topological polar surface area (TPSA) is 323 Å². The minimum absolute atomic E-state index is 0.0638. The number of nitrogens with zero attached hydrogens (tertiary/aromatic N) is 6. The van der Waals surface area contributed by atoms with E-state index in [0.29, 0.717) is 37.7 Å². The van der Waals surface area contributed by atoms with E-state index in [-0.39, 0.29) is 49.9 Å². The van der Waals surface area contributed by atoms with Gasteiger partial charge in [-0.05, 0) is 49.6 Å². The molecule has 24 heteroatoms. The van der Waals surface area contributed by atoms with Gasteiger partial charge in [0.1, 0.15) is 35.3 Å². The van der Waals surface area contributed by atoms with Crippen molar-refractivity contribution < 1.29 is 68.1 Å². The molecule has 2 aromatic heterocycles. The number of carboxylic acid groups (broad SMARTS) is 1. The molecule has 3 aliphatic rings. The Hall–Kier alpha value is -7.38. The number of benzene rings is 2. The second-order valence-electron chi connectivity index (χ2n) is 18.6. The molecule has 4 aromatic rings. The number of anilines is 3. The summed E-state index contributed by atoms with van der Waals surface area (Å²) in [5.41, 5.74) is 5.28. The monoisotopic (exact) mass is 1030 g/mol. The van der Waals surface area contributed by atoms with Crippen LogP contribution in [-0.2, 0) is 46.5 Å². The number of carbonyl (C=O) groups is 6. The van der Waals surface area contributed by atoms with E-state index < -0.39 is 78.0 Å². The molecule has 0 bridgehead atoms. The van der Waals surface area contributed by atoms with Gasteiger partial charge in [-0.2, -0.15) is 4.98 Å². The number of piperazine rings is 1. The highest BCUT2D eigenvalue weighted by Gasteiger charge is 2.65. The zero-order valence-corrected chi connectivity index (χ0v) is 41.7. The second kappa shape index (κ2) is 23.2. The third kappa shape index (κ3) is 12.0. The first kappa shape index (κ1) is 54.4. The Morgan fingerprint density at radius 1 is 0.973 bits per heavy atom. The number of amides is 5. The third-order valence-electron chi connectivity index (χ3n) is 13.5. The van der Waals surface area contributed by atoms with E-state index in [0.717, 1.165) is 65.0 Å². The zero-order chi connectivity index (χ0) is 53.4. The molecule has 24 nitrogen and oxygen atoms in total. The molecule has 0 radical (unpaired) electrons. The summed E-state index contributed by atoms with van der Waals surface area (Å²) in [7, 11) is 1.61. The molecule has 5 atom stereocenters. The van der Waals surface area contributed by atoms with Crippen molar-refractivity contribution in [3.8, 4) is 11.5 Å². The number of nitrogen functional groups attached to an aromatic ring is 1. The summed E-state index contributed by atoms with van der Waals surface area (Å²) in [5, 5.41) is 53.2. The lowest BCUT2D eigenvalue weighted by Crippen LogP contribution is -2.74. The van der Waals surface area contributed by atoms with Crippen molar-refractivity contribution in [2.45, 2.75) is 95.1 Å². The fraction of sp³-hybridized carbons (Fsp3) is 0.480. The van der Waals surface area contributed by atoms with Gasteiger partial charge in [0.2, 0.25) is 17.8 Å². The van der Waals surface area contributed by atoms with Crippen LogP contribution >= 0.6 is 0 Å². The van der Waals surface area contributed by atoms with Crippen molar-refractivity contribution in [1.82, 2.24) is 34.6 Å². The van der Waals surface area contributed by atoms with E-state index in [1.807, 2.05) is 30.5 Å². The van der Waals surface area contributed by atoms with Crippen LogP contribution in [0.4, 0.5) is 22.2 Å². The smallest absolute Gasteiger partial charge is 0.409 e. The molecule has 398 valence electrons. The van der Waals surface area contributed by atoms with Gasteiger partial charge in [0.15, 0.2) is 17.5 Å². The van der Waals surface area contributed by atoms with Crippen LogP contribution in [0.2, 0.25) is 0 Å². The molecule has 2 saturated heterocycles. The quantitative estimate of drug-likeness (QED) is 0.0411. The first-order valence-corrected chi connectivity index (χ1v) is 24.4. The molecule has 5 amide bonds. The number of aliphatic hydroxyl groups is 3. The van der Waals surface area contributed by atoms with E-state index in [1.165, 1.54) is 36.1 Å². The number of rotatable bonds is 22. The molecule has 0 aliphatic carbocycles. The summed E-state index contributed by atoms with van der Waals surface area (Å²) in [6.45, 7) is 6.28. The van der Waals surface area contributed by atoms with Crippen molar-refractivity contribution >= 4 is 64.2 Å². The van der Waals surface area contributed by atoms with Crippen LogP contribution in [0.1, 0.15) is 64.0 Å². The summed E-state index contributed by atoms with van der Waals surface area (Å²) in [5.74, 6) is -6.06. The molecule has 2 fully saturated rings. The number of aliphatic carboxylic acids is 1. The maximum Gasteiger partial charge on any atom is 0.409 e. The minimum Gasteiger partial charge on any atom is -0.496 e. The average Bonchev–Trinajstić information content (AvgIpc) is 3.94. The summed E-state index contributed by atoms with van der Waals surface area (Å²) in [6, 6.07) is 13.2. The summed E-state index contributed by atoms with van der Waals surface area (Å²) in [4.78, 5) is 89.7. The molecule has 7 rings (SSSR count). The minimum atomic E-state index is -3.05. The number of carboxylic acids is 1. The van der Waals surface area contributed by atoms with Gasteiger partial charge in [-0.25, -0.2) is 14.6 Å². The molecule has 5 unspecified atom stereocenters. The number of fused-ring (bicyclic) bond motifs is 1. The number of unbranched alkanes of at least 4 members (excludes halogenated alkanes) is 2. The van der Waals surface area contributed by atoms with Gasteiger partial charge in [0, 0.05) is 87.9 Å². The highest BCUT2D eigenvalue weighted by molar-refractivity contribution is 6.13. The molecule has 3 aliphatic heterocycles. The Labute approximate surface area is 426 Å². The Kier molecular flexibility index (Phi) is 17.1. The number of imide groups is 1. The van der Waals surface area contributed by atoms with Crippen LogP contribution < -0.4 is 31.2 Å². The Morgan fingerprint density at radius 2 is 1.72 bits per heavy atom. The average molecular weight is 1030 g/mol. The number of aromatic nitrogens is 3. The van der Waals surface area contributed by atoms with Gasteiger partial charge in [0.25, 0.3) is 11.8 Å². The molecular weight excluding hydrogens is 965 g/mol. The maximum absolute atomic E-state index is 13.5. The van der Waals surface area contributed by atoms with Gasteiger partial charge < -0.3 is 70.5 Å². The van der Waals surface area contributed by atoms with Crippen molar-refractivity contribution in [1.29, 1.82) is 0 Å². The fourth-order valence-corrected chi connectivity index (χ4v) is 8.82. The summed E-state index contributed by atoms with van der Waals surface area (Å²) >= 11 is 0. The van der Waals surface area contributed by atoms with Crippen LogP contribution in [0.25, 0.3) is 11.0 Å². The SMILES string of the molecule is CCCCCNc1nc(N)nc2ccn(Cc3ccc(CN4CCN(C(=O)OCC5(O)C(O)COC(Oc6cccc(NC(=O)C(C)(CC)NC(=O)CCN7C(=O)C=CC7=O)c6)(C(=O)O)C5O)CC4)cc3OC)c12. The van der Waals surface area contributed by atoms with Gasteiger partial charge >= 0.3 is 17.8 Å². The van der Waals surface area contributed by atoms with Gasteiger partial charge in [-0.3, -0.25) is 29.0 Å². The fourth-order valence-electron chi connectivity index (χ4n) is 8.82. The highest BCUT2D eigenvalue weighted by Crippen LogP contribution is 2.37. The van der Waals surface area contributed by atoms with Gasteiger partial charge in [0.05, 0.1) is 25.8 Å². The number of carbonyl (C=O) groups excluding carboxylic acids is 5. The van der Waals surface area contributed by atoms with Crippen molar-refractivity contribution in [3.05, 3.63) is 78.0 Å². The number of aliphatic hydroxyl groups excluding tert-OH is 2. The van der Waals surface area contributed by atoms with Crippen molar-refractivity contribution in [3.63, 3.8) is 0 Å². The molecule has 0 saturated carbocycles. The predicted molar refractivity (Wildman–Crippen MR) is 267 cm³/mol. The van der Waals surface area contributed by atoms with Crippen LogP contribution in [0.3, 0.4) is 0 Å².